The summed E-state index contributed by atoms with van der Waals surface area (Å²) in [5, 5.41) is 16.5. The maximum atomic E-state index is 13.2. The van der Waals surface area contributed by atoms with Gasteiger partial charge < -0.3 is 0 Å². The van der Waals surface area contributed by atoms with Gasteiger partial charge in [-0.3, -0.25) is 20.0 Å². The molecule has 3 aromatic carbocycles. The van der Waals surface area contributed by atoms with Crippen molar-refractivity contribution >= 4 is 10.8 Å². The zero-order valence-electron chi connectivity index (χ0n) is 15.3. The van der Waals surface area contributed by atoms with Crippen molar-refractivity contribution in [1.29, 1.82) is 0 Å². The van der Waals surface area contributed by atoms with Crippen LogP contribution in [0.15, 0.2) is 77.6 Å². The maximum absolute atomic E-state index is 13.2. The lowest BCUT2D eigenvalue weighted by molar-refractivity contribution is -0.481. The van der Waals surface area contributed by atoms with Gasteiger partial charge in [-0.2, -0.15) is 0 Å². The highest BCUT2D eigenvalue weighted by atomic mass is 16.6. The fraction of sp³-hybridized carbons (Fsp3) is 0.136. The van der Waals surface area contributed by atoms with Gasteiger partial charge in [0.2, 0.25) is 6.54 Å². The van der Waals surface area contributed by atoms with Crippen molar-refractivity contribution in [2.24, 2.45) is 0 Å². The number of aromatic nitrogens is 2. The summed E-state index contributed by atoms with van der Waals surface area (Å²) in [5.41, 5.74) is 2.28. The van der Waals surface area contributed by atoms with Gasteiger partial charge in [0.15, 0.2) is 0 Å². The van der Waals surface area contributed by atoms with Gasteiger partial charge in [-0.15, -0.1) is 0 Å². The Hall–Kier alpha value is -3.67. The SMILES string of the molecule is Cc1[nH]n(-c2ccccc2)c(=O)c1[C@H](C[N+](=O)[O-])c1cccc2ccccc12. The number of nitrogens with one attached hydrogen (secondary N) is 1. The highest BCUT2D eigenvalue weighted by Gasteiger charge is 2.29. The minimum atomic E-state index is -0.644. The Bertz CT molecular complexity index is 1200. The van der Waals surface area contributed by atoms with Crippen LogP contribution in [0.25, 0.3) is 16.5 Å². The van der Waals surface area contributed by atoms with Crippen LogP contribution in [-0.2, 0) is 0 Å². The Morgan fingerprint density at radius 1 is 1.00 bits per heavy atom. The van der Waals surface area contributed by atoms with E-state index in [9.17, 15) is 14.9 Å². The first-order valence-corrected chi connectivity index (χ1v) is 9.02. The van der Waals surface area contributed by atoms with Crippen LogP contribution in [0, 0.1) is 17.0 Å². The van der Waals surface area contributed by atoms with Crippen LogP contribution in [0.5, 0.6) is 0 Å². The van der Waals surface area contributed by atoms with Gasteiger partial charge >= 0.3 is 0 Å². The Labute approximate surface area is 161 Å². The molecule has 1 aromatic heterocycles. The average molecular weight is 373 g/mol. The molecular formula is C22H19N3O3. The molecule has 0 aliphatic rings. The normalized spacial score (nSPS) is 12.2. The molecule has 28 heavy (non-hydrogen) atoms. The molecule has 0 aliphatic heterocycles. The van der Waals surface area contributed by atoms with E-state index in [-0.39, 0.29) is 17.0 Å². The third-order valence-electron chi connectivity index (χ3n) is 5.01. The first-order valence-electron chi connectivity index (χ1n) is 9.02. The van der Waals surface area contributed by atoms with Crippen LogP contribution in [0.3, 0.4) is 0 Å². The predicted octanol–water partition coefficient (Wildman–Crippen LogP) is 4.04. The van der Waals surface area contributed by atoms with Crippen LogP contribution < -0.4 is 5.56 Å². The molecule has 1 N–H and O–H groups in total. The Morgan fingerprint density at radius 2 is 1.68 bits per heavy atom. The highest BCUT2D eigenvalue weighted by Crippen LogP contribution is 2.31. The van der Waals surface area contributed by atoms with Gasteiger partial charge in [0.05, 0.1) is 17.2 Å². The topological polar surface area (TPSA) is 80.9 Å². The Balaban J connectivity index is 1.94. The lowest BCUT2D eigenvalue weighted by Crippen LogP contribution is -2.24. The van der Waals surface area contributed by atoms with E-state index < -0.39 is 5.92 Å². The van der Waals surface area contributed by atoms with E-state index in [1.807, 2.05) is 72.8 Å². The number of benzene rings is 3. The number of aromatic amines is 1. The van der Waals surface area contributed by atoms with Crippen molar-refractivity contribution in [3.05, 3.63) is 110 Å². The van der Waals surface area contributed by atoms with E-state index in [1.165, 1.54) is 4.68 Å². The van der Waals surface area contributed by atoms with Crippen molar-refractivity contribution in [3.63, 3.8) is 0 Å². The van der Waals surface area contributed by atoms with Crippen molar-refractivity contribution in [3.8, 4) is 5.69 Å². The number of hydrogen-bond acceptors (Lipinski definition) is 3. The summed E-state index contributed by atoms with van der Waals surface area (Å²) >= 11 is 0. The summed E-state index contributed by atoms with van der Waals surface area (Å²) in [7, 11) is 0. The number of hydrogen-bond donors (Lipinski definition) is 1. The molecule has 0 saturated heterocycles. The average Bonchev–Trinajstić information content (AvgIpc) is 3.00. The third kappa shape index (κ3) is 3.09. The van der Waals surface area contributed by atoms with Crippen LogP contribution in [0.1, 0.15) is 22.7 Å². The lowest BCUT2D eigenvalue weighted by atomic mass is 9.88. The molecular weight excluding hydrogens is 354 g/mol. The number of rotatable bonds is 5. The number of H-pyrrole nitrogens is 1. The van der Waals surface area contributed by atoms with Crippen molar-refractivity contribution in [2.75, 3.05) is 6.54 Å². The monoisotopic (exact) mass is 373 g/mol. The molecule has 0 amide bonds. The molecule has 4 aromatic rings. The minimum Gasteiger partial charge on any atom is -0.295 e. The number of aryl methyl sites for hydroxylation is 1. The standard InChI is InChI=1S/C22H19N3O3/c1-15-21(22(26)25(23-15)17-10-3-2-4-11-17)20(14-24(27)28)19-13-7-9-16-8-5-6-12-18(16)19/h2-13,20,23H,14H2,1H3/t20-/m1/s1. The smallest absolute Gasteiger partial charge is 0.275 e. The third-order valence-corrected chi connectivity index (χ3v) is 5.01. The zero-order valence-corrected chi connectivity index (χ0v) is 15.3. The summed E-state index contributed by atoms with van der Waals surface area (Å²) in [6, 6.07) is 22.7. The van der Waals surface area contributed by atoms with Gasteiger partial charge in [-0.25, -0.2) is 4.68 Å². The molecule has 4 rings (SSSR count). The molecule has 6 nitrogen and oxygen atoms in total. The molecule has 0 bridgehead atoms. The van der Waals surface area contributed by atoms with Gasteiger partial charge in [-0.1, -0.05) is 60.7 Å². The molecule has 0 radical (unpaired) electrons. The minimum absolute atomic E-state index is 0.261. The van der Waals surface area contributed by atoms with Crippen LogP contribution >= 0.6 is 0 Å². The summed E-state index contributed by atoms with van der Waals surface area (Å²) in [5.74, 6) is -0.644. The number of nitro groups is 1. The van der Waals surface area contributed by atoms with E-state index in [4.69, 9.17) is 0 Å². The predicted molar refractivity (Wildman–Crippen MR) is 109 cm³/mol. The summed E-state index contributed by atoms with van der Waals surface area (Å²) in [4.78, 5) is 24.4. The zero-order chi connectivity index (χ0) is 19.7. The largest absolute Gasteiger partial charge is 0.295 e. The molecule has 0 saturated carbocycles. The molecule has 1 heterocycles. The van der Waals surface area contributed by atoms with E-state index in [0.29, 0.717) is 16.9 Å². The van der Waals surface area contributed by atoms with E-state index in [1.54, 1.807) is 6.92 Å². The molecule has 140 valence electrons. The number of para-hydroxylation sites is 1. The highest BCUT2D eigenvalue weighted by molar-refractivity contribution is 5.86. The fourth-order valence-electron chi connectivity index (χ4n) is 3.78. The number of fused-ring (bicyclic) bond motifs is 1. The van der Waals surface area contributed by atoms with Crippen molar-refractivity contribution in [1.82, 2.24) is 9.78 Å². The maximum Gasteiger partial charge on any atom is 0.275 e. The molecule has 1 atom stereocenters. The molecule has 6 heteroatoms. The van der Waals surface area contributed by atoms with Crippen molar-refractivity contribution < 1.29 is 4.92 Å². The second-order valence-corrected chi connectivity index (χ2v) is 6.76. The second-order valence-electron chi connectivity index (χ2n) is 6.76. The quantitative estimate of drug-likeness (QED) is 0.423. The fourth-order valence-corrected chi connectivity index (χ4v) is 3.78. The number of nitrogens with zero attached hydrogens (tertiary/aromatic N) is 2. The van der Waals surface area contributed by atoms with Crippen molar-refractivity contribution in [2.45, 2.75) is 12.8 Å². The van der Waals surface area contributed by atoms with E-state index >= 15 is 0 Å². The first kappa shape index (κ1) is 17.7. The van der Waals surface area contributed by atoms with Crippen LogP contribution in [0.2, 0.25) is 0 Å². The van der Waals surface area contributed by atoms with Gasteiger partial charge in [0, 0.05) is 10.6 Å². The van der Waals surface area contributed by atoms with Gasteiger partial charge in [-0.05, 0) is 35.4 Å². The lowest BCUT2D eigenvalue weighted by Gasteiger charge is -2.15. The van der Waals surface area contributed by atoms with Crippen LogP contribution in [0.4, 0.5) is 0 Å². The van der Waals surface area contributed by atoms with E-state index in [2.05, 4.69) is 5.10 Å². The van der Waals surface area contributed by atoms with Gasteiger partial charge in [0.25, 0.3) is 5.56 Å². The van der Waals surface area contributed by atoms with Crippen LogP contribution in [-0.4, -0.2) is 21.2 Å². The summed E-state index contributed by atoms with van der Waals surface area (Å²) in [6.07, 6.45) is 0. The molecule has 0 spiro atoms. The molecule has 0 unspecified atom stereocenters. The molecule has 0 fully saturated rings. The summed E-state index contributed by atoms with van der Waals surface area (Å²) < 4.78 is 1.45. The Morgan fingerprint density at radius 3 is 2.43 bits per heavy atom. The summed E-state index contributed by atoms with van der Waals surface area (Å²) in [6.45, 7) is 1.44. The first-order chi connectivity index (χ1) is 13.6. The van der Waals surface area contributed by atoms with E-state index in [0.717, 1.165) is 16.3 Å². The molecule has 0 aliphatic carbocycles. The van der Waals surface area contributed by atoms with Gasteiger partial charge in [0.1, 0.15) is 0 Å². The second kappa shape index (κ2) is 7.15. The Kier molecular flexibility index (Phi) is 4.53.